The molecule has 6 nitrogen and oxygen atoms in total. The molecule has 0 aliphatic carbocycles. The molecule has 0 aliphatic heterocycles. The molecular weight excluding hydrogens is 297 g/mol. The lowest BCUT2D eigenvalue weighted by atomic mass is 10.2. The molecule has 0 radical (unpaired) electrons. The van der Waals surface area contributed by atoms with E-state index in [4.69, 9.17) is 5.11 Å². The maximum absolute atomic E-state index is 13.8. The zero-order valence-corrected chi connectivity index (χ0v) is 11.9. The monoisotopic (exact) mass is 309 g/mol. The number of benzene rings is 1. The second kappa shape index (κ2) is 5.95. The van der Waals surface area contributed by atoms with Gasteiger partial charge in [-0.25, -0.2) is 9.37 Å². The minimum Gasteiger partial charge on any atom is -0.384 e. The number of aromatic nitrogens is 2. The Morgan fingerprint density at radius 1 is 1.48 bits per heavy atom. The molecule has 1 aromatic carbocycles. The second-order valence-corrected chi connectivity index (χ2v) is 5.77. The van der Waals surface area contributed by atoms with Gasteiger partial charge in [-0.15, -0.1) is 0 Å². The number of hydrogen-bond donors (Lipinski definition) is 2. The van der Waals surface area contributed by atoms with Gasteiger partial charge in [-0.1, -0.05) is 11.8 Å². The summed E-state index contributed by atoms with van der Waals surface area (Å²) in [5.74, 6) is 4.14. The highest BCUT2D eigenvalue weighted by Gasteiger charge is 2.18. The van der Waals surface area contributed by atoms with Crippen molar-refractivity contribution in [2.45, 2.75) is 5.03 Å². The molecule has 0 unspecified atom stereocenters. The summed E-state index contributed by atoms with van der Waals surface area (Å²) in [4.78, 5) is 3.71. The van der Waals surface area contributed by atoms with E-state index in [-0.39, 0.29) is 17.3 Å². The summed E-state index contributed by atoms with van der Waals surface area (Å²) in [6.07, 6.45) is 2.64. The number of nitrogens with one attached hydrogen (secondary N) is 1. The molecule has 1 heterocycles. The lowest BCUT2D eigenvalue weighted by Crippen LogP contribution is -2.14. The highest BCUT2D eigenvalue weighted by atomic mass is 32.2. The van der Waals surface area contributed by atoms with E-state index in [0.717, 1.165) is 6.07 Å². The van der Waals surface area contributed by atoms with Gasteiger partial charge in [0, 0.05) is 18.8 Å². The molecule has 0 saturated carbocycles. The number of imidazole rings is 1. The second-order valence-electron chi connectivity index (χ2n) is 4.14. The van der Waals surface area contributed by atoms with Gasteiger partial charge >= 0.3 is 0 Å². The Labute approximate surface area is 121 Å². The maximum atomic E-state index is 13.8. The van der Waals surface area contributed by atoms with Crippen LogP contribution in [0.3, 0.4) is 0 Å². The van der Waals surface area contributed by atoms with Gasteiger partial charge in [0.1, 0.15) is 12.4 Å². The number of aryl methyl sites for hydroxylation is 1. The fourth-order valence-corrected chi connectivity index (χ4v) is 2.59. The molecule has 2 N–H and O–H groups in total. The van der Waals surface area contributed by atoms with Crippen molar-refractivity contribution in [2.75, 3.05) is 11.3 Å². The standard InChI is InChI=1S/C13H12FN3O3S/c1-17-8-13(15-9-17)21(19,20)16-12-5-4-10(3-2-6-18)7-11(12)14/h4-5,7-9,16,18H,6H2,1H3. The average molecular weight is 309 g/mol. The number of anilines is 1. The fourth-order valence-electron chi connectivity index (χ4n) is 1.54. The van der Waals surface area contributed by atoms with Crippen LogP contribution in [0.2, 0.25) is 0 Å². The Hall–Kier alpha value is -2.37. The van der Waals surface area contributed by atoms with Gasteiger partial charge in [-0.2, -0.15) is 8.42 Å². The van der Waals surface area contributed by atoms with Crippen LogP contribution < -0.4 is 4.72 Å². The first-order valence-electron chi connectivity index (χ1n) is 5.82. The lowest BCUT2D eigenvalue weighted by Gasteiger charge is -2.07. The summed E-state index contributed by atoms with van der Waals surface area (Å²) in [7, 11) is -2.32. The minimum atomic E-state index is -3.94. The van der Waals surface area contributed by atoms with Crippen molar-refractivity contribution in [3.63, 3.8) is 0 Å². The number of nitrogens with zero attached hydrogens (tertiary/aromatic N) is 2. The SMILES string of the molecule is Cn1cnc(S(=O)(=O)Nc2ccc(C#CCO)cc2F)c1. The molecule has 0 fully saturated rings. The molecule has 1 aromatic heterocycles. The predicted octanol–water partition coefficient (Wildman–Crippen LogP) is 0.704. The molecule has 2 aromatic rings. The van der Waals surface area contributed by atoms with Gasteiger partial charge in [-0.05, 0) is 18.2 Å². The summed E-state index contributed by atoms with van der Waals surface area (Å²) < 4.78 is 41.5. The first kappa shape index (κ1) is 15.0. The number of sulfonamides is 1. The normalized spacial score (nSPS) is 10.8. The molecule has 0 atom stereocenters. The molecule has 0 bridgehead atoms. The van der Waals surface area contributed by atoms with Crippen molar-refractivity contribution in [1.82, 2.24) is 9.55 Å². The van der Waals surface area contributed by atoms with Gasteiger partial charge in [0.05, 0.1) is 12.0 Å². The van der Waals surface area contributed by atoms with E-state index in [9.17, 15) is 12.8 Å². The van der Waals surface area contributed by atoms with Crippen LogP contribution in [0.5, 0.6) is 0 Å². The molecule has 0 saturated heterocycles. The Morgan fingerprint density at radius 2 is 2.24 bits per heavy atom. The summed E-state index contributed by atoms with van der Waals surface area (Å²) >= 11 is 0. The van der Waals surface area contributed by atoms with Gasteiger partial charge in [0.15, 0.2) is 5.03 Å². The third-order valence-corrected chi connectivity index (χ3v) is 3.73. The maximum Gasteiger partial charge on any atom is 0.281 e. The number of aliphatic hydroxyl groups excluding tert-OH is 1. The average Bonchev–Trinajstić information content (AvgIpc) is 2.86. The third kappa shape index (κ3) is 3.59. The molecule has 0 spiro atoms. The largest absolute Gasteiger partial charge is 0.384 e. The van der Waals surface area contributed by atoms with Crippen molar-refractivity contribution in [2.24, 2.45) is 7.05 Å². The van der Waals surface area contributed by atoms with E-state index < -0.39 is 15.8 Å². The summed E-state index contributed by atoms with van der Waals surface area (Å²) in [6.45, 7) is -0.338. The first-order valence-corrected chi connectivity index (χ1v) is 7.31. The molecule has 8 heteroatoms. The molecule has 2 rings (SSSR count). The topological polar surface area (TPSA) is 84.2 Å². The van der Waals surface area contributed by atoms with Crippen molar-refractivity contribution >= 4 is 15.7 Å². The van der Waals surface area contributed by atoms with Gasteiger partial charge in [0.2, 0.25) is 0 Å². The molecular formula is C13H12FN3O3S. The van der Waals surface area contributed by atoms with Crippen molar-refractivity contribution in [3.05, 3.63) is 42.1 Å². The summed E-state index contributed by atoms with van der Waals surface area (Å²) in [5.41, 5.74) is 0.137. The van der Waals surface area contributed by atoms with Crippen LogP contribution in [0.1, 0.15) is 5.56 Å². The number of hydrogen-bond acceptors (Lipinski definition) is 4. The summed E-state index contributed by atoms with van der Waals surface area (Å²) in [5, 5.41) is 8.36. The number of rotatable bonds is 3. The van der Waals surface area contributed by atoms with Crippen molar-refractivity contribution in [3.8, 4) is 11.8 Å². The first-order chi connectivity index (χ1) is 9.92. The summed E-state index contributed by atoms with van der Waals surface area (Å²) in [6, 6.07) is 3.79. The van der Waals surface area contributed by atoms with E-state index in [1.54, 1.807) is 7.05 Å². The van der Waals surface area contributed by atoms with E-state index >= 15 is 0 Å². The highest BCUT2D eigenvalue weighted by molar-refractivity contribution is 7.92. The molecule has 21 heavy (non-hydrogen) atoms. The van der Waals surface area contributed by atoms with E-state index in [0.29, 0.717) is 5.56 Å². The Balaban J connectivity index is 2.27. The Bertz CT molecular complexity index is 819. The molecule has 110 valence electrons. The van der Waals surface area contributed by atoms with E-state index in [2.05, 4.69) is 21.5 Å². The Kier molecular flexibility index (Phi) is 4.26. The molecule has 0 aliphatic rings. The van der Waals surface area contributed by atoms with Crippen LogP contribution in [0.25, 0.3) is 0 Å². The van der Waals surface area contributed by atoms with Crippen LogP contribution in [0, 0.1) is 17.7 Å². The Morgan fingerprint density at radius 3 is 2.81 bits per heavy atom. The van der Waals surface area contributed by atoms with Crippen molar-refractivity contribution < 1.29 is 17.9 Å². The molecule has 0 amide bonds. The van der Waals surface area contributed by atoms with Crippen molar-refractivity contribution in [1.29, 1.82) is 0 Å². The third-order valence-electron chi connectivity index (χ3n) is 2.48. The zero-order chi connectivity index (χ0) is 15.5. The number of halogens is 1. The minimum absolute atomic E-state index is 0.199. The van der Waals surface area contributed by atoms with Crippen LogP contribution in [0.4, 0.5) is 10.1 Å². The van der Waals surface area contributed by atoms with Gasteiger partial charge in [0.25, 0.3) is 10.0 Å². The fraction of sp³-hybridized carbons (Fsp3) is 0.154. The number of aliphatic hydroxyl groups is 1. The lowest BCUT2D eigenvalue weighted by molar-refractivity contribution is 0.350. The highest BCUT2D eigenvalue weighted by Crippen LogP contribution is 2.19. The van der Waals surface area contributed by atoms with Crippen LogP contribution in [-0.2, 0) is 17.1 Å². The van der Waals surface area contributed by atoms with Gasteiger partial charge < -0.3 is 9.67 Å². The zero-order valence-electron chi connectivity index (χ0n) is 11.0. The van der Waals surface area contributed by atoms with Gasteiger partial charge in [-0.3, -0.25) is 4.72 Å². The quantitative estimate of drug-likeness (QED) is 0.818. The predicted molar refractivity (Wildman–Crippen MR) is 74.4 cm³/mol. The smallest absolute Gasteiger partial charge is 0.281 e. The van der Waals surface area contributed by atoms with Crippen LogP contribution >= 0.6 is 0 Å². The van der Waals surface area contributed by atoms with E-state index in [1.807, 2.05) is 0 Å². The van der Waals surface area contributed by atoms with Crippen LogP contribution in [0.15, 0.2) is 35.7 Å². The van der Waals surface area contributed by atoms with E-state index in [1.165, 1.54) is 29.2 Å². The van der Waals surface area contributed by atoms with Crippen LogP contribution in [-0.4, -0.2) is 29.7 Å².